The minimum atomic E-state index is 0.0897. The van der Waals surface area contributed by atoms with E-state index in [9.17, 15) is 4.79 Å². The maximum absolute atomic E-state index is 12.0. The largest absolute Gasteiger partial charge is 0.493 e. The number of nitrogens with one attached hydrogen (secondary N) is 1. The molecule has 0 aliphatic carbocycles. The molecule has 0 heterocycles. The Morgan fingerprint density at radius 2 is 1.71 bits per heavy atom. The maximum atomic E-state index is 12.0. The number of amides is 1. The van der Waals surface area contributed by atoms with Crippen LogP contribution in [0.1, 0.15) is 57.4 Å². The van der Waals surface area contributed by atoms with E-state index >= 15 is 0 Å². The molecular formula is C23H32N2O3. The summed E-state index contributed by atoms with van der Waals surface area (Å²) in [5.41, 5.74) is 7.46. The van der Waals surface area contributed by atoms with Crippen molar-refractivity contribution in [3.8, 4) is 17.2 Å². The van der Waals surface area contributed by atoms with E-state index in [2.05, 4.69) is 12.2 Å². The number of ether oxygens (including phenoxy) is 2. The molecule has 5 heteroatoms. The number of rotatable bonds is 12. The first-order valence-electron chi connectivity index (χ1n) is 10.1. The number of para-hydroxylation sites is 2. The Morgan fingerprint density at radius 1 is 0.964 bits per heavy atom. The molecule has 0 saturated carbocycles. The Balaban J connectivity index is 1.83. The number of benzene rings is 2. The van der Waals surface area contributed by atoms with Gasteiger partial charge in [-0.2, -0.15) is 0 Å². The second kappa shape index (κ2) is 11.9. The third kappa shape index (κ3) is 7.14. The molecule has 0 bridgehead atoms. The van der Waals surface area contributed by atoms with Crippen LogP contribution in [0.15, 0.2) is 42.5 Å². The van der Waals surface area contributed by atoms with Gasteiger partial charge in [0.2, 0.25) is 5.91 Å². The average molecular weight is 385 g/mol. The van der Waals surface area contributed by atoms with E-state index in [0.29, 0.717) is 35.9 Å². The first-order valence-corrected chi connectivity index (χ1v) is 10.1. The lowest BCUT2D eigenvalue weighted by molar-refractivity contribution is -0.121. The number of nitrogen functional groups attached to an aromatic ring is 1. The van der Waals surface area contributed by atoms with Gasteiger partial charge in [-0.1, -0.05) is 57.2 Å². The highest BCUT2D eigenvalue weighted by Gasteiger charge is 2.09. The van der Waals surface area contributed by atoms with Crippen LogP contribution in [-0.4, -0.2) is 13.0 Å². The van der Waals surface area contributed by atoms with E-state index in [1.54, 1.807) is 13.2 Å². The summed E-state index contributed by atoms with van der Waals surface area (Å²) in [6.07, 6.45) is 7.65. The molecular weight excluding hydrogens is 352 g/mol. The molecule has 2 aromatic rings. The molecule has 28 heavy (non-hydrogen) atoms. The van der Waals surface area contributed by atoms with Crippen molar-refractivity contribution >= 4 is 11.6 Å². The third-order valence-corrected chi connectivity index (χ3v) is 4.61. The van der Waals surface area contributed by atoms with Crippen LogP contribution in [0.3, 0.4) is 0 Å². The number of carbonyl (C=O) groups is 1. The van der Waals surface area contributed by atoms with Crippen molar-refractivity contribution in [2.75, 3.05) is 12.8 Å². The average Bonchev–Trinajstić information content (AvgIpc) is 2.71. The topological polar surface area (TPSA) is 73.6 Å². The minimum absolute atomic E-state index is 0.0897. The maximum Gasteiger partial charge on any atom is 0.220 e. The number of hydrogen-bond acceptors (Lipinski definition) is 4. The van der Waals surface area contributed by atoms with Crippen LogP contribution in [0.2, 0.25) is 0 Å². The zero-order valence-electron chi connectivity index (χ0n) is 17.0. The van der Waals surface area contributed by atoms with E-state index < -0.39 is 0 Å². The number of nitrogens with two attached hydrogens (primary N) is 1. The number of methoxy groups -OCH3 is 1. The molecule has 0 spiro atoms. The molecule has 0 aliphatic rings. The van der Waals surface area contributed by atoms with Crippen molar-refractivity contribution in [2.45, 2.75) is 58.4 Å². The Bertz CT molecular complexity index is 746. The van der Waals surface area contributed by atoms with E-state index in [1.165, 1.54) is 25.7 Å². The molecule has 0 fully saturated rings. The van der Waals surface area contributed by atoms with Crippen molar-refractivity contribution in [1.29, 1.82) is 0 Å². The van der Waals surface area contributed by atoms with Gasteiger partial charge in [0.25, 0.3) is 0 Å². The van der Waals surface area contributed by atoms with Gasteiger partial charge in [-0.25, -0.2) is 0 Å². The Labute approximate surface area is 168 Å². The Kier molecular flexibility index (Phi) is 9.19. The fourth-order valence-electron chi connectivity index (χ4n) is 2.95. The molecule has 3 N–H and O–H groups in total. The summed E-state index contributed by atoms with van der Waals surface area (Å²) in [6.45, 7) is 2.68. The van der Waals surface area contributed by atoms with Crippen molar-refractivity contribution in [1.82, 2.24) is 5.32 Å². The molecule has 0 radical (unpaired) electrons. The molecule has 0 aliphatic heterocycles. The second-order valence-corrected chi connectivity index (χ2v) is 6.92. The monoisotopic (exact) mass is 384 g/mol. The van der Waals surface area contributed by atoms with E-state index in [-0.39, 0.29) is 5.91 Å². The summed E-state index contributed by atoms with van der Waals surface area (Å²) in [7, 11) is 1.59. The predicted molar refractivity (Wildman–Crippen MR) is 114 cm³/mol. The molecule has 2 aromatic carbocycles. The number of anilines is 1. The fraction of sp³-hybridized carbons (Fsp3) is 0.435. The fourth-order valence-corrected chi connectivity index (χ4v) is 2.95. The van der Waals surface area contributed by atoms with Gasteiger partial charge in [-0.15, -0.1) is 0 Å². The summed E-state index contributed by atoms with van der Waals surface area (Å²) in [4.78, 5) is 12.0. The third-order valence-electron chi connectivity index (χ3n) is 4.61. The lowest BCUT2D eigenvalue weighted by Gasteiger charge is -2.13. The van der Waals surface area contributed by atoms with Crippen LogP contribution in [0.5, 0.6) is 17.2 Å². The highest BCUT2D eigenvalue weighted by atomic mass is 16.5. The highest BCUT2D eigenvalue weighted by Crippen LogP contribution is 2.34. The first kappa shape index (κ1) is 21.6. The SMILES string of the molecule is CCCCCCCCC(=O)NCc1ccc(Oc2ccccc2N)c(OC)c1. The molecule has 0 unspecified atom stereocenters. The highest BCUT2D eigenvalue weighted by molar-refractivity contribution is 5.75. The molecule has 0 atom stereocenters. The van der Waals surface area contributed by atoms with E-state index in [4.69, 9.17) is 15.2 Å². The molecule has 0 aromatic heterocycles. The lowest BCUT2D eigenvalue weighted by Crippen LogP contribution is -2.22. The molecule has 2 rings (SSSR count). The quantitative estimate of drug-likeness (QED) is 0.378. The van der Waals surface area contributed by atoms with Gasteiger partial charge in [-0.3, -0.25) is 4.79 Å². The number of unbranched alkanes of at least 4 members (excludes halogenated alkanes) is 5. The van der Waals surface area contributed by atoms with Gasteiger partial charge in [0.1, 0.15) is 0 Å². The van der Waals surface area contributed by atoms with Crippen molar-refractivity contribution in [3.63, 3.8) is 0 Å². The molecule has 1 amide bonds. The van der Waals surface area contributed by atoms with Crippen molar-refractivity contribution in [3.05, 3.63) is 48.0 Å². The second-order valence-electron chi connectivity index (χ2n) is 6.92. The smallest absolute Gasteiger partial charge is 0.220 e. The van der Waals surface area contributed by atoms with Crippen LogP contribution >= 0.6 is 0 Å². The van der Waals surface area contributed by atoms with Gasteiger partial charge >= 0.3 is 0 Å². The van der Waals surface area contributed by atoms with Gasteiger partial charge in [-0.05, 0) is 36.2 Å². The Morgan fingerprint density at radius 3 is 2.46 bits per heavy atom. The van der Waals surface area contributed by atoms with Crippen LogP contribution in [0.4, 0.5) is 5.69 Å². The van der Waals surface area contributed by atoms with Crippen LogP contribution in [0.25, 0.3) is 0 Å². The van der Waals surface area contributed by atoms with Gasteiger partial charge in [0.05, 0.1) is 12.8 Å². The first-order chi connectivity index (χ1) is 13.6. The van der Waals surface area contributed by atoms with Gasteiger partial charge in [0, 0.05) is 13.0 Å². The van der Waals surface area contributed by atoms with Gasteiger partial charge < -0.3 is 20.5 Å². The number of carbonyl (C=O) groups excluding carboxylic acids is 1. The van der Waals surface area contributed by atoms with Crippen LogP contribution in [0, 0.1) is 0 Å². The predicted octanol–water partition coefficient (Wildman–Crippen LogP) is 5.44. The normalized spacial score (nSPS) is 10.5. The summed E-state index contributed by atoms with van der Waals surface area (Å²) in [5.74, 6) is 1.86. The van der Waals surface area contributed by atoms with Crippen LogP contribution in [-0.2, 0) is 11.3 Å². The van der Waals surface area contributed by atoms with Gasteiger partial charge in [0.15, 0.2) is 17.2 Å². The summed E-state index contributed by atoms with van der Waals surface area (Å²) < 4.78 is 11.3. The van der Waals surface area contributed by atoms with Crippen molar-refractivity contribution < 1.29 is 14.3 Å². The summed E-state index contributed by atoms with van der Waals surface area (Å²) in [5, 5.41) is 2.98. The minimum Gasteiger partial charge on any atom is -0.493 e. The zero-order valence-corrected chi connectivity index (χ0v) is 17.0. The number of hydrogen-bond donors (Lipinski definition) is 2. The van der Waals surface area contributed by atoms with Crippen molar-refractivity contribution in [2.24, 2.45) is 0 Å². The Hall–Kier alpha value is -2.69. The van der Waals surface area contributed by atoms with E-state index in [0.717, 1.165) is 18.4 Å². The van der Waals surface area contributed by atoms with E-state index in [1.807, 2.05) is 36.4 Å². The molecule has 0 saturated heterocycles. The summed E-state index contributed by atoms with van der Waals surface area (Å²) >= 11 is 0. The molecule has 152 valence electrons. The lowest BCUT2D eigenvalue weighted by atomic mass is 10.1. The standard InChI is InChI=1S/C23H32N2O3/c1-3-4-5-6-7-8-13-23(26)25-17-18-14-15-21(22(16-18)27-2)28-20-12-10-9-11-19(20)24/h9-12,14-16H,3-8,13,17,24H2,1-2H3,(H,25,26). The van der Waals surface area contributed by atoms with Crippen LogP contribution < -0.4 is 20.5 Å². The molecule has 5 nitrogen and oxygen atoms in total. The zero-order chi connectivity index (χ0) is 20.2. The summed E-state index contributed by atoms with van der Waals surface area (Å²) in [6, 6.07) is 12.9.